The molecule has 3 unspecified atom stereocenters. The molecule has 2 aliphatic heterocycles. The second-order valence-corrected chi connectivity index (χ2v) is 6.86. The minimum atomic E-state index is 0.352. The fraction of sp³-hybridized carbons (Fsp3) is 1.00. The summed E-state index contributed by atoms with van der Waals surface area (Å²) in [5.41, 5.74) is 0.352. The summed E-state index contributed by atoms with van der Waals surface area (Å²) in [4.78, 5) is 2.66. The lowest BCUT2D eigenvalue weighted by Gasteiger charge is -2.44. The maximum absolute atomic E-state index is 5.49. The summed E-state index contributed by atoms with van der Waals surface area (Å²) in [5.74, 6) is 0.760. The van der Waals surface area contributed by atoms with Crippen LogP contribution < -0.4 is 5.32 Å². The van der Waals surface area contributed by atoms with Crippen LogP contribution >= 0.6 is 0 Å². The van der Waals surface area contributed by atoms with Gasteiger partial charge in [0.1, 0.15) is 0 Å². The van der Waals surface area contributed by atoms with E-state index in [9.17, 15) is 0 Å². The van der Waals surface area contributed by atoms with Gasteiger partial charge in [-0.1, -0.05) is 20.8 Å². The molecule has 100 valence electrons. The van der Waals surface area contributed by atoms with Gasteiger partial charge in [-0.25, -0.2) is 0 Å². The molecular weight excluding hydrogens is 212 g/mol. The molecule has 1 N–H and O–H groups in total. The zero-order valence-electron chi connectivity index (χ0n) is 11.8. The van der Waals surface area contributed by atoms with Crippen LogP contribution in [0.4, 0.5) is 0 Å². The largest absolute Gasteiger partial charge is 0.381 e. The summed E-state index contributed by atoms with van der Waals surface area (Å²) in [6, 6.07) is 1.27. The number of ether oxygens (including phenoxy) is 1. The van der Waals surface area contributed by atoms with E-state index in [-0.39, 0.29) is 0 Å². The number of rotatable bonds is 2. The maximum Gasteiger partial charge on any atom is 0.0507 e. The molecule has 0 spiro atoms. The van der Waals surface area contributed by atoms with Gasteiger partial charge < -0.3 is 10.1 Å². The lowest BCUT2D eigenvalue weighted by Crippen LogP contribution is -2.60. The summed E-state index contributed by atoms with van der Waals surface area (Å²) in [7, 11) is 0. The Morgan fingerprint density at radius 2 is 2.12 bits per heavy atom. The molecular formula is C14H28N2O. The van der Waals surface area contributed by atoms with Gasteiger partial charge >= 0.3 is 0 Å². The predicted octanol–water partition coefficient (Wildman–Crippen LogP) is 1.73. The molecule has 0 amide bonds. The van der Waals surface area contributed by atoms with Gasteiger partial charge in [-0.05, 0) is 24.7 Å². The van der Waals surface area contributed by atoms with Gasteiger partial charge in [-0.3, -0.25) is 4.90 Å². The van der Waals surface area contributed by atoms with Crippen molar-refractivity contribution in [2.75, 3.05) is 32.8 Å². The van der Waals surface area contributed by atoms with Crippen LogP contribution in [0.5, 0.6) is 0 Å². The molecule has 0 aromatic heterocycles. The van der Waals surface area contributed by atoms with Gasteiger partial charge in [0, 0.05) is 38.3 Å². The molecule has 2 heterocycles. The van der Waals surface area contributed by atoms with E-state index in [1.54, 1.807) is 0 Å². The molecule has 3 atom stereocenters. The Morgan fingerprint density at radius 1 is 1.35 bits per heavy atom. The summed E-state index contributed by atoms with van der Waals surface area (Å²) in [6.45, 7) is 14.8. The Bertz CT molecular complexity index is 243. The normalized spacial score (nSPS) is 36.4. The summed E-state index contributed by atoms with van der Waals surface area (Å²) >= 11 is 0. The van der Waals surface area contributed by atoms with Gasteiger partial charge in [0.2, 0.25) is 0 Å². The molecule has 2 rings (SSSR count). The van der Waals surface area contributed by atoms with Crippen LogP contribution in [0, 0.1) is 11.3 Å². The molecule has 2 aliphatic rings. The van der Waals surface area contributed by atoms with Crippen molar-refractivity contribution in [1.82, 2.24) is 10.2 Å². The maximum atomic E-state index is 5.49. The summed E-state index contributed by atoms with van der Waals surface area (Å²) < 4.78 is 5.49. The van der Waals surface area contributed by atoms with E-state index in [2.05, 4.69) is 37.9 Å². The zero-order chi connectivity index (χ0) is 12.5. The Morgan fingerprint density at radius 3 is 2.71 bits per heavy atom. The Labute approximate surface area is 106 Å². The van der Waals surface area contributed by atoms with Gasteiger partial charge in [-0.2, -0.15) is 0 Å². The summed E-state index contributed by atoms with van der Waals surface area (Å²) in [6.07, 6.45) is 1.25. The Balaban J connectivity index is 1.90. The van der Waals surface area contributed by atoms with Crippen LogP contribution in [0.25, 0.3) is 0 Å². The highest BCUT2D eigenvalue weighted by atomic mass is 16.5. The van der Waals surface area contributed by atoms with Gasteiger partial charge in [-0.15, -0.1) is 0 Å². The second kappa shape index (κ2) is 5.25. The van der Waals surface area contributed by atoms with Crippen molar-refractivity contribution in [3.05, 3.63) is 0 Å². The molecule has 3 nitrogen and oxygen atoms in total. The molecule has 0 radical (unpaired) electrons. The van der Waals surface area contributed by atoms with Crippen LogP contribution in [0.1, 0.15) is 34.1 Å². The van der Waals surface area contributed by atoms with Crippen molar-refractivity contribution in [2.45, 2.75) is 46.2 Å². The van der Waals surface area contributed by atoms with Crippen molar-refractivity contribution >= 4 is 0 Å². The van der Waals surface area contributed by atoms with E-state index < -0.39 is 0 Å². The average Bonchev–Trinajstić information content (AvgIpc) is 2.72. The van der Waals surface area contributed by atoms with Gasteiger partial charge in [0.25, 0.3) is 0 Å². The highest BCUT2D eigenvalue weighted by Gasteiger charge is 2.33. The van der Waals surface area contributed by atoms with E-state index in [0.29, 0.717) is 17.5 Å². The van der Waals surface area contributed by atoms with E-state index in [4.69, 9.17) is 4.74 Å². The molecule has 0 aromatic rings. The zero-order valence-corrected chi connectivity index (χ0v) is 11.8. The fourth-order valence-corrected chi connectivity index (χ4v) is 2.81. The highest BCUT2D eigenvalue weighted by Crippen LogP contribution is 2.25. The minimum Gasteiger partial charge on any atom is -0.381 e. The third-order valence-electron chi connectivity index (χ3n) is 4.26. The molecule has 3 heteroatoms. The minimum absolute atomic E-state index is 0.352. The first-order valence-corrected chi connectivity index (χ1v) is 7.02. The lowest BCUT2D eigenvalue weighted by molar-refractivity contribution is 0.0759. The predicted molar refractivity (Wildman–Crippen MR) is 71.2 cm³/mol. The van der Waals surface area contributed by atoms with Crippen LogP contribution in [0.15, 0.2) is 0 Å². The SMILES string of the molecule is CC1CNC(C(C)(C)C)CN1CC1CCOC1. The molecule has 0 aromatic carbocycles. The first-order valence-electron chi connectivity index (χ1n) is 7.02. The third-order valence-corrected chi connectivity index (χ3v) is 4.26. The number of hydrogen-bond acceptors (Lipinski definition) is 3. The van der Waals surface area contributed by atoms with Crippen molar-refractivity contribution in [2.24, 2.45) is 11.3 Å². The first-order chi connectivity index (χ1) is 7.97. The van der Waals surface area contributed by atoms with Gasteiger partial charge in [0.05, 0.1) is 6.61 Å². The topological polar surface area (TPSA) is 24.5 Å². The molecule has 2 saturated heterocycles. The smallest absolute Gasteiger partial charge is 0.0507 e. The van der Waals surface area contributed by atoms with E-state index in [1.165, 1.54) is 19.5 Å². The lowest BCUT2D eigenvalue weighted by atomic mass is 9.84. The molecule has 0 bridgehead atoms. The van der Waals surface area contributed by atoms with Crippen molar-refractivity contribution in [3.8, 4) is 0 Å². The number of hydrogen-bond donors (Lipinski definition) is 1. The molecule has 0 aliphatic carbocycles. The first kappa shape index (κ1) is 13.3. The molecule has 2 fully saturated rings. The third kappa shape index (κ3) is 3.43. The number of piperazine rings is 1. The van der Waals surface area contributed by atoms with Crippen LogP contribution in [-0.4, -0.2) is 49.8 Å². The van der Waals surface area contributed by atoms with Crippen molar-refractivity contribution in [3.63, 3.8) is 0 Å². The van der Waals surface area contributed by atoms with E-state index in [0.717, 1.165) is 25.7 Å². The number of nitrogens with zero attached hydrogens (tertiary/aromatic N) is 1. The highest BCUT2D eigenvalue weighted by molar-refractivity contribution is 4.91. The van der Waals surface area contributed by atoms with Crippen molar-refractivity contribution in [1.29, 1.82) is 0 Å². The molecule has 0 saturated carbocycles. The molecule has 17 heavy (non-hydrogen) atoms. The fourth-order valence-electron chi connectivity index (χ4n) is 2.81. The Kier molecular flexibility index (Phi) is 4.11. The van der Waals surface area contributed by atoms with Crippen LogP contribution in [0.3, 0.4) is 0 Å². The van der Waals surface area contributed by atoms with E-state index in [1.807, 2.05) is 0 Å². The average molecular weight is 240 g/mol. The van der Waals surface area contributed by atoms with Crippen LogP contribution in [-0.2, 0) is 4.74 Å². The second-order valence-electron chi connectivity index (χ2n) is 6.86. The Hall–Kier alpha value is -0.120. The summed E-state index contributed by atoms with van der Waals surface area (Å²) in [5, 5.41) is 3.69. The number of nitrogens with one attached hydrogen (secondary N) is 1. The monoisotopic (exact) mass is 240 g/mol. The van der Waals surface area contributed by atoms with Crippen LogP contribution in [0.2, 0.25) is 0 Å². The van der Waals surface area contributed by atoms with Gasteiger partial charge in [0.15, 0.2) is 0 Å². The standard InChI is InChI=1S/C14H28N2O/c1-11-7-15-13(14(2,3)4)9-16(11)8-12-5-6-17-10-12/h11-13,15H,5-10H2,1-4H3. The van der Waals surface area contributed by atoms with E-state index >= 15 is 0 Å². The quantitative estimate of drug-likeness (QED) is 0.795. The van der Waals surface area contributed by atoms with Crippen molar-refractivity contribution < 1.29 is 4.74 Å².